The molecule has 3 heterocycles. The molecule has 5 nitrogen and oxygen atoms in total. The lowest BCUT2D eigenvalue weighted by Crippen LogP contribution is -2.47. The summed E-state index contributed by atoms with van der Waals surface area (Å²) in [6, 6.07) is 15.6. The van der Waals surface area contributed by atoms with Crippen LogP contribution < -0.4 is 5.32 Å². The number of hydrogen-bond acceptors (Lipinski definition) is 4. The van der Waals surface area contributed by atoms with Gasteiger partial charge in [0.1, 0.15) is 17.8 Å². The average molecular weight is 351 g/mol. The number of hydrogen-bond donors (Lipinski definition) is 1. The fraction of sp³-hybridized carbons (Fsp3) is 0.286. The summed E-state index contributed by atoms with van der Waals surface area (Å²) < 4.78 is 16.4. The third-order valence-corrected chi connectivity index (χ3v) is 5.00. The Labute approximate surface area is 152 Å². The SMILES string of the molecule is O=C(NCc1ccc(-c2ccoc2)o1)C1(c2ccccc2)CCOCC1. The number of amides is 1. The van der Waals surface area contributed by atoms with E-state index in [0.29, 0.717) is 38.4 Å². The molecule has 0 atom stereocenters. The van der Waals surface area contributed by atoms with Gasteiger partial charge < -0.3 is 18.9 Å². The monoisotopic (exact) mass is 351 g/mol. The molecule has 5 heteroatoms. The Hall–Kier alpha value is -2.79. The lowest BCUT2D eigenvalue weighted by molar-refractivity contribution is -0.130. The maximum atomic E-state index is 13.1. The first-order valence-electron chi connectivity index (χ1n) is 8.81. The number of furan rings is 2. The number of carbonyl (C=O) groups is 1. The summed E-state index contributed by atoms with van der Waals surface area (Å²) in [7, 11) is 0. The first kappa shape index (κ1) is 16.7. The van der Waals surface area contributed by atoms with Gasteiger partial charge in [-0.25, -0.2) is 0 Å². The van der Waals surface area contributed by atoms with E-state index in [4.69, 9.17) is 13.6 Å². The van der Waals surface area contributed by atoms with E-state index in [1.54, 1.807) is 12.5 Å². The van der Waals surface area contributed by atoms with Crippen LogP contribution in [0.1, 0.15) is 24.2 Å². The van der Waals surface area contributed by atoms with E-state index in [1.165, 1.54) is 0 Å². The van der Waals surface area contributed by atoms with Gasteiger partial charge in [-0.3, -0.25) is 4.79 Å². The first-order valence-corrected chi connectivity index (χ1v) is 8.81. The van der Waals surface area contributed by atoms with Crippen LogP contribution >= 0.6 is 0 Å². The summed E-state index contributed by atoms with van der Waals surface area (Å²) in [5.41, 5.74) is 1.38. The number of carbonyl (C=O) groups excluding carboxylic acids is 1. The molecule has 3 aromatic rings. The van der Waals surface area contributed by atoms with Gasteiger partial charge in [-0.1, -0.05) is 30.3 Å². The standard InChI is InChI=1S/C21H21NO4/c23-20(21(9-12-24-13-10-21)17-4-2-1-3-5-17)22-14-18-6-7-19(26-18)16-8-11-25-15-16/h1-8,11,15H,9-10,12-14H2,(H,22,23). The minimum atomic E-state index is -0.542. The molecule has 134 valence electrons. The Morgan fingerprint density at radius 2 is 1.85 bits per heavy atom. The lowest BCUT2D eigenvalue weighted by atomic mass is 9.73. The van der Waals surface area contributed by atoms with Crippen molar-refractivity contribution < 1.29 is 18.4 Å². The summed E-state index contributed by atoms with van der Waals surface area (Å²) in [5.74, 6) is 1.46. The molecule has 0 bridgehead atoms. The molecule has 0 radical (unpaired) electrons. The molecule has 1 saturated heterocycles. The highest BCUT2D eigenvalue weighted by molar-refractivity contribution is 5.88. The molecular weight excluding hydrogens is 330 g/mol. The van der Waals surface area contributed by atoms with Crippen molar-refractivity contribution in [2.24, 2.45) is 0 Å². The quantitative estimate of drug-likeness (QED) is 0.757. The van der Waals surface area contributed by atoms with Crippen molar-refractivity contribution in [3.63, 3.8) is 0 Å². The summed E-state index contributed by atoms with van der Waals surface area (Å²) in [6.45, 7) is 1.54. The second-order valence-corrected chi connectivity index (χ2v) is 6.52. The van der Waals surface area contributed by atoms with E-state index >= 15 is 0 Å². The molecule has 1 N–H and O–H groups in total. The second-order valence-electron chi connectivity index (χ2n) is 6.52. The normalized spacial score (nSPS) is 16.3. The lowest BCUT2D eigenvalue weighted by Gasteiger charge is -2.36. The molecule has 0 aliphatic carbocycles. The van der Waals surface area contributed by atoms with Crippen molar-refractivity contribution in [2.45, 2.75) is 24.8 Å². The van der Waals surface area contributed by atoms with Crippen LogP contribution in [0.4, 0.5) is 0 Å². The number of benzene rings is 1. The molecule has 1 aliphatic rings. The Kier molecular flexibility index (Phi) is 4.63. The Morgan fingerprint density at radius 3 is 2.58 bits per heavy atom. The van der Waals surface area contributed by atoms with Gasteiger partial charge in [-0.2, -0.15) is 0 Å². The number of ether oxygens (including phenoxy) is 1. The largest absolute Gasteiger partial charge is 0.472 e. The first-order chi connectivity index (χ1) is 12.8. The minimum absolute atomic E-state index is 0.0215. The smallest absolute Gasteiger partial charge is 0.231 e. The van der Waals surface area contributed by atoms with Gasteiger partial charge in [0, 0.05) is 13.2 Å². The molecule has 1 aromatic carbocycles. The fourth-order valence-corrected chi connectivity index (χ4v) is 3.49. The molecule has 1 amide bonds. The predicted octanol–water partition coefficient (Wildman–Crippen LogP) is 3.90. The van der Waals surface area contributed by atoms with Crippen molar-refractivity contribution in [3.05, 3.63) is 72.4 Å². The third kappa shape index (κ3) is 3.18. The van der Waals surface area contributed by atoms with Crippen molar-refractivity contribution in [3.8, 4) is 11.3 Å². The van der Waals surface area contributed by atoms with Crippen LogP contribution in [-0.2, 0) is 21.5 Å². The van der Waals surface area contributed by atoms with Gasteiger partial charge >= 0.3 is 0 Å². The Bertz CT molecular complexity index is 845. The molecule has 1 aliphatic heterocycles. The highest BCUT2D eigenvalue weighted by Crippen LogP contribution is 2.35. The summed E-state index contributed by atoms with van der Waals surface area (Å²) in [5, 5.41) is 3.05. The Balaban J connectivity index is 1.49. The zero-order chi connectivity index (χ0) is 17.8. The van der Waals surface area contributed by atoms with Crippen LogP contribution in [0.25, 0.3) is 11.3 Å². The summed E-state index contributed by atoms with van der Waals surface area (Å²) >= 11 is 0. The van der Waals surface area contributed by atoms with E-state index in [1.807, 2.05) is 48.5 Å². The van der Waals surface area contributed by atoms with Gasteiger partial charge in [0.25, 0.3) is 0 Å². The summed E-state index contributed by atoms with van der Waals surface area (Å²) in [6.07, 6.45) is 4.60. The van der Waals surface area contributed by atoms with Crippen LogP contribution in [0.3, 0.4) is 0 Å². The van der Waals surface area contributed by atoms with Gasteiger partial charge in [0.2, 0.25) is 5.91 Å². The Morgan fingerprint density at radius 1 is 1.04 bits per heavy atom. The van der Waals surface area contributed by atoms with Crippen molar-refractivity contribution in [2.75, 3.05) is 13.2 Å². The molecule has 0 saturated carbocycles. The fourth-order valence-electron chi connectivity index (χ4n) is 3.49. The number of rotatable bonds is 5. The maximum absolute atomic E-state index is 13.1. The molecule has 1 fully saturated rings. The maximum Gasteiger partial charge on any atom is 0.231 e. The van der Waals surface area contributed by atoms with Gasteiger partial charge in [-0.05, 0) is 36.6 Å². The van der Waals surface area contributed by atoms with Crippen LogP contribution in [-0.4, -0.2) is 19.1 Å². The van der Waals surface area contributed by atoms with Crippen LogP contribution in [0.5, 0.6) is 0 Å². The van der Waals surface area contributed by atoms with Crippen molar-refractivity contribution in [1.82, 2.24) is 5.32 Å². The molecule has 4 rings (SSSR count). The predicted molar refractivity (Wildman–Crippen MR) is 96.4 cm³/mol. The van der Waals surface area contributed by atoms with Crippen LogP contribution in [0, 0.1) is 0 Å². The van der Waals surface area contributed by atoms with Gasteiger partial charge in [0.15, 0.2) is 0 Å². The molecule has 2 aromatic heterocycles. The van der Waals surface area contributed by atoms with E-state index in [9.17, 15) is 4.79 Å². The van der Waals surface area contributed by atoms with E-state index in [2.05, 4.69) is 5.32 Å². The zero-order valence-electron chi connectivity index (χ0n) is 14.4. The minimum Gasteiger partial charge on any atom is -0.472 e. The van der Waals surface area contributed by atoms with Gasteiger partial charge in [-0.15, -0.1) is 0 Å². The second kappa shape index (κ2) is 7.22. The van der Waals surface area contributed by atoms with Gasteiger partial charge in [0.05, 0.1) is 23.8 Å². The van der Waals surface area contributed by atoms with Crippen LogP contribution in [0.2, 0.25) is 0 Å². The van der Waals surface area contributed by atoms with E-state index in [0.717, 1.165) is 16.9 Å². The highest BCUT2D eigenvalue weighted by Gasteiger charge is 2.41. The topological polar surface area (TPSA) is 64.6 Å². The number of nitrogens with one attached hydrogen (secondary N) is 1. The summed E-state index contributed by atoms with van der Waals surface area (Å²) in [4.78, 5) is 13.1. The molecular formula is C21H21NO4. The molecule has 0 unspecified atom stereocenters. The molecule has 26 heavy (non-hydrogen) atoms. The van der Waals surface area contributed by atoms with E-state index < -0.39 is 5.41 Å². The van der Waals surface area contributed by atoms with Crippen molar-refractivity contribution >= 4 is 5.91 Å². The third-order valence-electron chi connectivity index (χ3n) is 5.00. The van der Waals surface area contributed by atoms with E-state index in [-0.39, 0.29) is 5.91 Å². The average Bonchev–Trinajstić information content (AvgIpc) is 3.39. The zero-order valence-corrected chi connectivity index (χ0v) is 14.4. The van der Waals surface area contributed by atoms with Crippen LogP contribution in [0.15, 0.2) is 69.9 Å². The molecule has 0 spiro atoms. The van der Waals surface area contributed by atoms with Crippen molar-refractivity contribution in [1.29, 1.82) is 0 Å². The highest BCUT2D eigenvalue weighted by atomic mass is 16.5.